The fraction of sp³-hybridized carbons (Fsp3) is 0.385. The predicted molar refractivity (Wildman–Crippen MR) is 89.9 cm³/mol. The molecule has 0 aliphatic heterocycles. The average molecular weight is 362 g/mol. The first-order chi connectivity index (χ1) is 10.7. The average Bonchev–Trinajstić information content (AvgIpc) is 2.53. The maximum absolute atomic E-state index is 10.4. The van der Waals surface area contributed by atoms with Crippen molar-refractivity contribution in [1.82, 2.24) is 14.7 Å². The van der Waals surface area contributed by atoms with Gasteiger partial charge in [-0.3, -0.25) is 4.21 Å². The topological polar surface area (TPSA) is 108 Å². The molecule has 2 N–H and O–H groups in total. The molecule has 2 aromatic rings. The summed E-state index contributed by atoms with van der Waals surface area (Å²) >= 11 is -2.23. The van der Waals surface area contributed by atoms with Gasteiger partial charge >= 0.3 is 0 Å². The van der Waals surface area contributed by atoms with Crippen molar-refractivity contribution in [2.24, 2.45) is 0 Å². The summed E-state index contributed by atoms with van der Waals surface area (Å²) in [4.78, 5) is 8.42. The van der Waals surface area contributed by atoms with Gasteiger partial charge in [0, 0.05) is 35.8 Å². The highest BCUT2D eigenvalue weighted by atomic mass is 35.5. The highest BCUT2D eigenvalue weighted by Crippen LogP contribution is 2.33. The molecule has 1 aromatic heterocycles. The van der Waals surface area contributed by atoms with Gasteiger partial charge in [-0.15, -0.1) is 12.4 Å². The maximum atomic E-state index is 10.4. The number of rotatable bonds is 8. The third-order valence-corrected chi connectivity index (χ3v) is 3.45. The van der Waals surface area contributed by atoms with Crippen molar-refractivity contribution in [1.29, 1.82) is 0 Å². The summed E-state index contributed by atoms with van der Waals surface area (Å²) in [5.41, 5.74) is 0.730. The number of hydrogen-bond acceptors (Lipinski definition) is 7. The molecule has 2 rings (SSSR count). The van der Waals surface area contributed by atoms with E-state index in [0.29, 0.717) is 36.8 Å². The zero-order valence-electron chi connectivity index (χ0n) is 12.7. The highest BCUT2D eigenvalue weighted by molar-refractivity contribution is 7.77. The molecule has 0 fully saturated rings. The number of nitrogens with one attached hydrogen (secondary N) is 2. The number of nitrogens with zero attached hydrogens (tertiary/aromatic N) is 2. The first-order valence-corrected chi connectivity index (χ1v) is 7.66. The number of methoxy groups -OCH3 is 2. The quantitative estimate of drug-likeness (QED) is 0.538. The number of fused-ring (bicyclic) bond motifs is 1. The number of hydrogen-bond donors (Lipinski definition) is 2. The Kier molecular flexibility index (Phi) is 7.96. The normalized spacial score (nSPS) is 11.6. The Labute approximate surface area is 142 Å². The lowest BCUT2D eigenvalue weighted by atomic mass is 10.2. The van der Waals surface area contributed by atoms with Gasteiger partial charge in [0.2, 0.25) is 0 Å². The van der Waals surface area contributed by atoms with E-state index in [1.807, 2.05) is 0 Å². The van der Waals surface area contributed by atoms with Gasteiger partial charge in [-0.25, -0.2) is 14.7 Å². The fourth-order valence-corrected chi connectivity index (χ4v) is 2.29. The minimum Gasteiger partial charge on any atom is -0.760 e. The SMILES string of the molecule is COc1cc2ncnc(NCCCNS(=O)[O-])c2cc1OC.Cl. The van der Waals surface area contributed by atoms with E-state index in [9.17, 15) is 8.76 Å². The van der Waals surface area contributed by atoms with Gasteiger partial charge in [0.05, 0.1) is 19.7 Å². The molecule has 1 unspecified atom stereocenters. The molecule has 23 heavy (non-hydrogen) atoms. The summed E-state index contributed by atoms with van der Waals surface area (Å²) in [6.45, 7) is 0.938. The van der Waals surface area contributed by atoms with E-state index in [0.717, 1.165) is 10.9 Å². The van der Waals surface area contributed by atoms with Crippen molar-refractivity contribution in [3.63, 3.8) is 0 Å². The lowest BCUT2D eigenvalue weighted by molar-refractivity contribution is 0.356. The molecule has 0 aliphatic carbocycles. The van der Waals surface area contributed by atoms with E-state index in [1.165, 1.54) is 6.33 Å². The van der Waals surface area contributed by atoms with Gasteiger partial charge in [0.25, 0.3) is 0 Å². The lowest BCUT2D eigenvalue weighted by Crippen LogP contribution is -2.20. The summed E-state index contributed by atoms with van der Waals surface area (Å²) in [5.74, 6) is 1.85. The minimum atomic E-state index is -2.23. The molecular weight excluding hydrogens is 344 g/mol. The van der Waals surface area contributed by atoms with Crippen molar-refractivity contribution >= 4 is 40.4 Å². The Morgan fingerprint density at radius 2 is 1.87 bits per heavy atom. The molecular formula is C13H18ClN4O4S-. The van der Waals surface area contributed by atoms with E-state index < -0.39 is 11.3 Å². The Morgan fingerprint density at radius 1 is 1.17 bits per heavy atom. The molecule has 1 aromatic carbocycles. The Balaban J connectivity index is 0.00000264. The molecule has 128 valence electrons. The molecule has 0 aliphatic rings. The van der Waals surface area contributed by atoms with E-state index >= 15 is 0 Å². The summed E-state index contributed by atoms with van der Waals surface area (Å²) < 4.78 is 33.6. The molecule has 0 saturated carbocycles. The van der Waals surface area contributed by atoms with Crippen molar-refractivity contribution in [2.75, 3.05) is 32.6 Å². The van der Waals surface area contributed by atoms with Crippen molar-refractivity contribution in [3.05, 3.63) is 18.5 Å². The van der Waals surface area contributed by atoms with Crippen LogP contribution in [0.25, 0.3) is 10.9 Å². The van der Waals surface area contributed by atoms with Crippen LogP contribution in [-0.4, -0.2) is 46.0 Å². The van der Waals surface area contributed by atoms with Crippen molar-refractivity contribution in [2.45, 2.75) is 6.42 Å². The smallest absolute Gasteiger partial charge is 0.162 e. The highest BCUT2D eigenvalue weighted by Gasteiger charge is 2.10. The van der Waals surface area contributed by atoms with Gasteiger partial charge < -0.3 is 19.3 Å². The van der Waals surface area contributed by atoms with Crippen LogP contribution in [-0.2, 0) is 11.3 Å². The van der Waals surface area contributed by atoms with Crippen LogP contribution >= 0.6 is 12.4 Å². The van der Waals surface area contributed by atoms with Crippen LogP contribution in [0.5, 0.6) is 11.5 Å². The third-order valence-electron chi connectivity index (χ3n) is 3.01. The number of ether oxygens (including phenoxy) is 2. The second kappa shape index (κ2) is 9.46. The van der Waals surface area contributed by atoms with Gasteiger partial charge in [-0.1, -0.05) is 0 Å². The first-order valence-electron chi connectivity index (χ1n) is 6.59. The van der Waals surface area contributed by atoms with Crippen LogP contribution in [0.2, 0.25) is 0 Å². The molecule has 1 atom stereocenters. The number of benzene rings is 1. The summed E-state index contributed by atoms with van der Waals surface area (Å²) in [6, 6.07) is 3.59. The Hall–Kier alpha value is -1.68. The molecule has 0 amide bonds. The molecule has 0 spiro atoms. The third kappa shape index (κ3) is 5.17. The Bertz CT molecular complexity index is 674. The molecule has 0 saturated heterocycles. The van der Waals surface area contributed by atoms with Gasteiger partial charge in [-0.2, -0.15) is 0 Å². The number of anilines is 1. The van der Waals surface area contributed by atoms with Crippen LogP contribution in [0.1, 0.15) is 6.42 Å². The standard InChI is InChI=1S/C13H18N4O4S.ClH/c1-20-11-6-9-10(7-12(11)21-2)15-8-16-13(9)14-4-3-5-17-22(18)19;/h6-8,17H,3-5H2,1-2H3,(H,18,19)(H,14,15,16);1H/p-1. The molecule has 10 heteroatoms. The van der Waals surface area contributed by atoms with Crippen LogP contribution in [0.15, 0.2) is 18.5 Å². The van der Waals surface area contributed by atoms with Crippen LogP contribution in [0.4, 0.5) is 5.82 Å². The molecule has 8 nitrogen and oxygen atoms in total. The van der Waals surface area contributed by atoms with Crippen molar-refractivity contribution in [3.8, 4) is 11.5 Å². The van der Waals surface area contributed by atoms with Gasteiger partial charge in [-0.05, 0) is 12.5 Å². The second-order valence-corrected chi connectivity index (χ2v) is 5.11. The van der Waals surface area contributed by atoms with Crippen LogP contribution in [0, 0.1) is 0 Å². The van der Waals surface area contributed by atoms with E-state index in [2.05, 4.69) is 20.0 Å². The maximum Gasteiger partial charge on any atom is 0.162 e. The predicted octanol–water partition coefficient (Wildman–Crippen LogP) is 1.25. The van der Waals surface area contributed by atoms with E-state index in [-0.39, 0.29) is 12.4 Å². The number of halogens is 1. The molecule has 0 bridgehead atoms. The summed E-state index contributed by atoms with van der Waals surface area (Å²) in [6.07, 6.45) is 2.09. The van der Waals surface area contributed by atoms with Gasteiger partial charge in [0.15, 0.2) is 11.5 Å². The molecule has 1 heterocycles. The fourth-order valence-electron chi connectivity index (χ4n) is 1.97. The minimum absolute atomic E-state index is 0. The Morgan fingerprint density at radius 3 is 2.52 bits per heavy atom. The summed E-state index contributed by atoms with van der Waals surface area (Å²) in [5, 5.41) is 3.97. The number of aromatic nitrogens is 2. The van der Waals surface area contributed by atoms with E-state index in [1.54, 1.807) is 26.4 Å². The van der Waals surface area contributed by atoms with Gasteiger partial charge in [0.1, 0.15) is 12.1 Å². The zero-order chi connectivity index (χ0) is 15.9. The van der Waals surface area contributed by atoms with Crippen molar-refractivity contribution < 1.29 is 18.2 Å². The van der Waals surface area contributed by atoms with Crippen LogP contribution in [0.3, 0.4) is 0 Å². The monoisotopic (exact) mass is 361 g/mol. The molecule has 0 radical (unpaired) electrons. The first kappa shape index (κ1) is 19.4. The largest absolute Gasteiger partial charge is 0.760 e. The zero-order valence-corrected chi connectivity index (χ0v) is 14.3. The van der Waals surface area contributed by atoms with Crippen LogP contribution < -0.4 is 19.5 Å². The second-order valence-electron chi connectivity index (χ2n) is 4.36. The lowest BCUT2D eigenvalue weighted by Gasteiger charge is -2.12. The van der Waals surface area contributed by atoms with E-state index in [4.69, 9.17) is 9.47 Å². The summed E-state index contributed by atoms with van der Waals surface area (Å²) in [7, 11) is 3.13.